The van der Waals surface area contributed by atoms with Crippen LogP contribution in [0.3, 0.4) is 0 Å². The fourth-order valence-electron chi connectivity index (χ4n) is 6.13. The third-order valence-corrected chi connectivity index (χ3v) is 8.50. The van der Waals surface area contributed by atoms with Crippen LogP contribution >= 0.6 is 0 Å². The first kappa shape index (κ1) is 28.6. The summed E-state index contributed by atoms with van der Waals surface area (Å²) in [6.45, 7) is 6.54. The van der Waals surface area contributed by atoms with Crippen LogP contribution in [-0.2, 0) is 4.79 Å². The molecule has 3 aliphatic rings. The van der Waals surface area contributed by atoms with Crippen LogP contribution in [0.4, 0.5) is 22.1 Å². The quantitative estimate of drug-likeness (QED) is 0.469. The second-order valence-electron chi connectivity index (χ2n) is 11.3. The van der Waals surface area contributed by atoms with Crippen LogP contribution in [-0.4, -0.2) is 82.9 Å². The maximum Gasteiger partial charge on any atom is 0.317 e. The number of aromatic nitrogens is 2. The van der Waals surface area contributed by atoms with Crippen molar-refractivity contribution >= 4 is 35.2 Å². The van der Waals surface area contributed by atoms with Gasteiger partial charge in [-0.3, -0.25) is 9.59 Å². The number of carbonyl (C=O) groups is 3. The topological polar surface area (TPSA) is 137 Å². The van der Waals surface area contributed by atoms with Gasteiger partial charge in [0.05, 0.1) is 6.20 Å². The van der Waals surface area contributed by atoms with E-state index in [-0.39, 0.29) is 23.7 Å². The Morgan fingerprint density at radius 2 is 1.66 bits per heavy atom. The number of benzene rings is 1. The lowest BCUT2D eigenvalue weighted by molar-refractivity contribution is -0.131. The van der Waals surface area contributed by atoms with Crippen molar-refractivity contribution in [3.05, 3.63) is 41.7 Å². The van der Waals surface area contributed by atoms with E-state index in [1.165, 1.54) is 12.0 Å². The number of piperidine rings is 3. The summed E-state index contributed by atoms with van der Waals surface area (Å²) in [7, 11) is 0. The third kappa shape index (κ3) is 7.07. The zero-order valence-corrected chi connectivity index (χ0v) is 24.0. The summed E-state index contributed by atoms with van der Waals surface area (Å²) in [6, 6.07) is 8.16. The lowest BCUT2D eigenvalue weighted by Crippen LogP contribution is -2.52. The minimum atomic E-state index is -0.651. The van der Waals surface area contributed by atoms with E-state index < -0.39 is 5.91 Å². The van der Waals surface area contributed by atoms with Crippen molar-refractivity contribution in [3.8, 4) is 0 Å². The zero-order valence-electron chi connectivity index (χ0n) is 24.0. The highest BCUT2D eigenvalue weighted by Crippen LogP contribution is 2.30. The first-order valence-corrected chi connectivity index (χ1v) is 15.0. The molecule has 0 saturated carbocycles. The number of amides is 4. The molecule has 3 aliphatic heterocycles. The van der Waals surface area contributed by atoms with Crippen LogP contribution in [0.2, 0.25) is 0 Å². The van der Waals surface area contributed by atoms with Crippen molar-refractivity contribution < 1.29 is 14.4 Å². The van der Waals surface area contributed by atoms with Crippen molar-refractivity contribution in [2.24, 2.45) is 5.73 Å². The second-order valence-corrected chi connectivity index (χ2v) is 11.3. The summed E-state index contributed by atoms with van der Waals surface area (Å²) in [4.78, 5) is 52.0. The maximum absolute atomic E-state index is 12.8. The van der Waals surface area contributed by atoms with Gasteiger partial charge in [-0.1, -0.05) is 19.1 Å². The molecule has 0 aliphatic carbocycles. The van der Waals surface area contributed by atoms with E-state index >= 15 is 0 Å². The molecule has 11 nitrogen and oxygen atoms in total. The van der Waals surface area contributed by atoms with Gasteiger partial charge in [-0.25, -0.2) is 14.8 Å². The number of urea groups is 1. The number of hydrogen-bond acceptors (Lipinski definition) is 7. The summed E-state index contributed by atoms with van der Waals surface area (Å²) in [5, 5.41) is 6.45. The molecule has 3 fully saturated rings. The highest BCUT2D eigenvalue weighted by Gasteiger charge is 2.27. The standard InChI is InChI=1S/C30H42N8O3/c1-2-26(39)36-17-12-22(13-18-36)21-8-10-23(11-9-21)33-29-27(28(31)40)32-19-25(35-29)38-16-6-7-24(20-38)34-30(41)37-14-4-3-5-15-37/h8-11,19,22,24H,2-7,12-18,20H2,1H3,(H2,31,40)(H,33,35)(H,34,41). The second kappa shape index (κ2) is 13.2. The van der Waals surface area contributed by atoms with E-state index in [0.717, 1.165) is 76.9 Å². The van der Waals surface area contributed by atoms with E-state index in [1.54, 1.807) is 6.20 Å². The van der Waals surface area contributed by atoms with E-state index in [1.807, 2.05) is 28.9 Å². The SMILES string of the molecule is CCC(=O)N1CCC(c2ccc(Nc3nc(N4CCCC(NC(=O)N5CCCCC5)C4)cnc3C(N)=O)cc2)CC1. The van der Waals surface area contributed by atoms with E-state index in [9.17, 15) is 14.4 Å². The fourth-order valence-corrected chi connectivity index (χ4v) is 6.13. The number of nitrogens with one attached hydrogen (secondary N) is 2. The van der Waals surface area contributed by atoms with Crippen LogP contribution in [0.5, 0.6) is 0 Å². The Morgan fingerprint density at radius 3 is 2.34 bits per heavy atom. The lowest BCUT2D eigenvalue weighted by Gasteiger charge is -2.36. The molecule has 220 valence electrons. The highest BCUT2D eigenvalue weighted by atomic mass is 16.2. The number of hydrogen-bond donors (Lipinski definition) is 3. The van der Waals surface area contributed by atoms with Crippen molar-refractivity contribution in [1.29, 1.82) is 0 Å². The Hall–Kier alpha value is -3.89. The van der Waals surface area contributed by atoms with Crippen molar-refractivity contribution in [1.82, 2.24) is 25.1 Å². The smallest absolute Gasteiger partial charge is 0.317 e. The predicted molar refractivity (Wildman–Crippen MR) is 158 cm³/mol. The molecule has 41 heavy (non-hydrogen) atoms. The van der Waals surface area contributed by atoms with Gasteiger partial charge >= 0.3 is 6.03 Å². The molecule has 4 N–H and O–H groups in total. The molecule has 1 atom stereocenters. The van der Waals surface area contributed by atoms with Crippen LogP contribution in [0, 0.1) is 0 Å². The van der Waals surface area contributed by atoms with Gasteiger partial charge in [0, 0.05) is 57.4 Å². The number of primary amides is 1. The summed E-state index contributed by atoms with van der Waals surface area (Å²) in [6.07, 6.45) is 9.17. The summed E-state index contributed by atoms with van der Waals surface area (Å²) in [5.74, 6) is 0.936. The van der Waals surface area contributed by atoms with Crippen molar-refractivity contribution in [3.63, 3.8) is 0 Å². The van der Waals surface area contributed by atoms with Crippen molar-refractivity contribution in [2.45, 2.75) is 70.3 Å². The molecule has 1 aromatic heterocycles. The Labute approximate surface area is 241 Å². The summed E-state index contributed by atoms with van der Waals surface area (Å²) in [5.41, 5.74) is 7.73. The normalized spacial score (nSPS) is 20.0. The molecule has 3 saturated heterocycles. The van der Waals surface area contributed by atoms with Gasteiger partial charge in [0.25, 0.3) is 5.91 Å². The zero-order chi connectivity index (χ0) is 28.8. The minimum Gasteiger partial charge on any atom is -0.364 e. The molecule has 5 rings (SSSR count). The Kier molecular flexibility index (Phi) is 9.21. The average Bonchev–Trinajstić information content (AvgIpc) is 3.01. The van der Waals surface area contributed by atoms with Crippen molar-refractivity contribution in [2.75, 3.05) is 49.5 Å². The highest BCUT2D eigenvalue weighted by molar-refractivity contribution is 5.96. The Bertz CT molecular complexity index is 1220. The molecule has 1 aromatic carbocycles. The Morgan fingerprint density at radius 1 is 0.927 bits per heavy atom. The number of carbonyl (C=O) groups excluding carboxylic acids is 3. The molecule has 0 bridgehead atoms. The molecular weight excluding hydrogens is 520 g/mol. The minimum absolute atomic E-state index is 0.0116. The lowest BCUT2D eigenvalue weighted by atomic mass is 9.89. The van der Waals surface area contributed by atoms with Gasteiger partial charge in [0.2, 0.25) is 5.91 Å². The summed E-state index contributed by atoms with van der Waals surface area (Å²) >= 11 is 0. The van der Waals surface area contributed by atoms with Crippen LogP contribution < -0.4 is 21.3 Å². The van der Waals surface area contributed by atoms with Gasteiger partial charge in [-0.15, -0.1) is 0 Å². The number of nitrogens with two attached hydrogens (primary N) is 1. The molecule has 0 radical (unpaired) electrons. The molecule has 4 heterocycles. The largest absolute Gasteiger partial charge is 0.364 e. The molecule has 0 spiro atoms. The predicted octanol–water partition coefficient (Wildman–Crippen LogP) is 3.60. The Balaban J connectivity index is 1.23. The van der Waals surface area contributed by atoms with Gasteiger partial charge < -0.3 is 31.1 Å². The van der Waals surface area contributed by atoms with Crippen LogP contribution in [0.1, 0.15) is 80.3 Å². The number of anilines is 3. The van der Waals surface area contributed by atoms with Gasteiger partial charge in [0.1, 0.15) is 5.82 Å². The average molecular weight is 563 g/mol. The monoisotopic (exact) mass is 562 g/mol. The number of likely N-dealkylation sites (tertiary alicyclic amines) is 2. The molecular formula is C30H42N8O3. The van der Waals surface area contributed by atoms with E-state index in [0.29, 0.717) is 30.5 Å². The first-order valence-electron chi connectivity index (χ1n) is 15.0. The molecule has 11 heteroatoms. The summed E-state index contributed by atoms with van der Waals surface area (Å²) < 4.78 is 0. The number of nitrogens with zero attached hydrogens (tertiary/aromatic N) is 5. The molecule has 4 amide bonds. The van der Waals surface area contributed by atoms with Gasteiger partial charge in [-0.2, -0.15) is 0 Å². The third-order valence-electron chi connectivity index (χ3n) is 8.50. The first-order chi connectivity index (χ1) is 19.9. The molecule has 1 unspecified atom stereocenters. The van der Waals surface area contributed by atoms with Gasteiger partial charge in [-0.05, 0) is 68.6 Å². The maximum atomic E-state index is 12.8. The molecule has 2 aromatic rings. The number of rotatable bonds is 7. The van der Waals surface area contributed by atoms with Crippen LogP contribution in [0.15, 0.2) is 30.5 Å². The van der Waals surface area contributed by atoms with E-state index in [2.05, 4.69) is 32.7 Å². The van der Waals surface area contributed by atoms with Crippen LogP contribution in [0.25, 0.3) is 0 Å². The van der Waals surface area contributed by atoms with E-state index in [4.69, 9.17) is 10.7 Å². The van der Waals surface area contributed by atoms with Gasteiger partial charge in [0.15, 0.2) is 11.5 Å². The fraction of sp³-hybridized carbons (Fsp3) is 0.567.